The molecule has 11 heteroatoms. The molecule has 1 atom stereocenters. The third-order valence-electron chi connectivity index (χ3n) is 4.93. The summed E-state index contributed by atoms with van der Waals surface area (Å²) in [6.07, 6.45) is 1.36. The number of hydrogen-bond acceptors (Lipinski definition) is 6. The standard InChI is InChI=1S/C20H18ClFN4O3S2/c21-16-11-15(8-9-17(16)22)31(28,29)26-10-4-5-13(12-26)19-24-25-20(30-19)18(27)23-14-6-2-1-3-7-14/h1-3,6-9,11,13H,4-5,10,12H2,(H,23,27)/t13-/m0/s1. The van der Waals surface area contributed by atoms with Gasteiger partial charge in [-0.1, -0.05) is 41.1 Å². The summed E-state index contributed by atoms with van der Waals surface area (Å²) in [6, 6.07) is 12.4. The Kier molecular flexibility index (Phi) is 6.33. The summed E-state index contributed by atoms with van der Waals surface area (Å²) in [5.41, 5.74) is 0.650. The highest BCUT2D eigenvalue weighted by atomic mass is 35.5. The molecule has 162 valence electrons. The molecule has 1 aliphatic heterocycles. The topological polar surface area (TPSA) is 92.3 Å². The number of nitrogens with one attached hydrogen (secondary N) is 1. The van der Waals surface area contributed by atoms with Gasteiger partial charge in [0.2, 0.25) is 15.0 Å². The molecule has 0 saturated carbocycles. The molecule has 0 bridgehead atoms. The summed E-state index contributed by atoms with van der Waals surface area (Å²) in [5, 5.41) is 11.5. The fourth-order valence-electron chi connectivity index (χ4n) is 3.35. The second-order valence-corrected chi connectivity index (χ2v) is 10.4. The molecule has 2 aromatic carbocycles. The molecule has 0 radical (unpaired) electrons. The second kappa shape index (κ2) is 8.99. The van der Waals surface area contributed by atoms with Crippen LogP contribution in [0, 0.1) is 5.82 Å². The Hall–Kier alpha value is -2.40. The molecule has 4 rings (SSSR count). The van der Waals surface area contributed by atoms with Crippen LogP contribution in [0.2, 0.25) is 5.02 Å². The first-order valence-electron chi connectivity index (χ1n) is 9.49. The fourth-order valence-corrected chi connectivity index (χ4v) is 6.01. The Morgan fingerprint density at radius 1 is 1.19 bits per heavy atom. The average Bonchev–Trinajstić information content (AvgIpc) is 3.27. The van der Waals surface area contributed by atoms with Crippen molar-refractivity contribution in [3.8, 4) is 0 Å². The molecule has 7 nitrogen and oxygen atoms in total. The van der Waals surface area contributed by atoms with Gasteiger partial charge in [0, 0.05) is 24.7 Å². The zero-order valence-electron chi connectivity index (χ0n) is 16.2. The van der Waals surface area contributed by atoms with Crippen LogP contribution in [0.3, 0.4) is 0 Å². The number of amides is 1. The van der Waals surface area contributed by atoms with Gasteiger partial charge in [0.15, 0.2) is 0 Å². The van der Waals surface area contributed by atoms with E-state index in [2.05, 4.69) is 15.5 Å². The lowest BCUT2D eigenvalue weighted by Crippen LogP contribution is -2.39. The van der Waals surface area contributed by atoms with Crippen molar-refractivity contribution in [2.45, 2.75) is 23.7 Å². The van der Waals surface area contributed by atoms with Crippen molar-refractivity contribution in [1.82, 2.24) is 14.5 Å². The molecule has 31 heavy (non-hydrogen) atoms. The van der Waals surface area contributed by atoms with Gasteiger partial charge in [-0.15, -0.1) is 10.2 Å². The van der Waals surface area contributed by atoms with Gasteiger partial charge in [0.05, 0.1) is 9.92 Å². The van der Waals surface area contributed by atoms with Crippen LogP contribution in [0.4, 0.5) is 10.1 Å². The van der Waals surface area contributed by atoms with Gasteiger partial charge in [-0.25, -0.2) is 12.8 Å². The number of halogens is 2. The van der Waals surface area contributed by atoms with E-state index < -0.39 is 15.8 Å². The highest BCUT2D eigenvalue weighted by Gasteiger charge is 2.33. The maximum absolute atomic E-state index is 13.4. The summed E-state index contributed by atoms with van der Waals surface area (Å²) in [5.74, 6) is -1.22. The van der Waals surface area contributed by atoms with Crippen LogP contribution in [0.1, 0.15) is 33.6 Å². The summed E-state index contributed by atoms with van der Waals surface area (Å²) in [6.45, 7) is 0.542. The Bertz CT molecular complexity index is 1200. The number of para-hydroxylation sites is 1. The maximum atomic E-state index is 13.4. The average molecular weight is 481 g/mol. The van der Waals surface area contributed by atoms with E-state index in [4.69, 9.17) is 11.6 Å². The van der Waals surface area contributed by atoms with Crippen molar-refractivity contribution in [1.29, 1.82) is 0 Å². The van der Waals surface area contributed by atoms with Gasteiger partial charge in [-0.2, -0.15) is 4.31 Å². The fraction of sp³-hybridized carbons (Fsp3) is 0.250. The first-order valence-corrected chi connectivity index (χ1v) is 12.1. The number of nitrogens with zero attached hydrogens (tertiary/aromatic N) is 3. The van der Waals surface area contributed by atoms with Crippen molar-refractivity contribution < 1.29 is 17.6 Å². The minimum absolute atomic E-state index is 0.0558. The summed E-state index contributed by atoms with van der Waals surface area (Å²) < 4.78 is 40.8. The lowest BCUT2D eigenvalue weighted by molar-refractivity contribution is 0.102. The number of aromatic nitrogens is 2. The minimum atomic E-state index is -3.83. The van der Waals surface area contributed by atoms with Crippen molar-refractivity contribution in [3.05, 3.63) is 69.4 Å². The summed E-state index contributed by atoms with van der Waals surface area (Å²) in [4.78, 5) is 12.4. The first-order chi connectivity index (χ1) is 14.8. The number of sulfonamides is 1. The van der Waals surface area contributed by atoms with Gasteiger partial charge >= 0.3 is 0 Å². The Morgan fingerprint density at radius 2 is 1.97 bits per heavy atom. The van der Waals surface area contributed by atoms with E-state index in [-0.39, 0.29) is 33.3 Å². The number of hydrogen-bond donors (Lipinski definition) is 1. The lowest BCUT2D eigenvalue weighted by atomic mass is 10.0. The molecule has 1 aromatic heterocycles. The number of rotatable bonds is 5. The largest absolute Gasteiger partial charge is 0.320 e. The molecule has 1 saturated heterocycles. The van der Waals surface area contributed by atoms with Gasteiger partial charge in [0.25, 0.3) is 5.91 Å². The van der Waals surface area contributed by atoms with E-state index >= 15 is 0 Å². The minimum Gasteiger partial charge on any atom is -0.320 e. The quantitative estimate of drug-likeness (QED) is 0.592. The number of anilines is 1. The molecule has 3 aromatic rings. The van der Waals surface area contributed by atoms with E-state index in [1.807, 2.05) is 18.2 Å². The van der Waals surface area contributed by atoms with E-state index in [0.29, 0.717) is 23.7 Å². The van der Waals surface area contributed by atoms with Crippen LogP contribution >= 0.6 is 22.9 Å². The Morgan fingerprint density at radius 3 is 2.71 bits per heavy atom. The summed E-state index contributed by atoms with van der Waals surface area (Å²) in [7, 11) is -3.83. The van der Waals surface area contributed by atoms with Crippen molar-refractivity contribution in [2.24, 2.45) is 0 Å². The van der Waals surface area contributed by atoms with Gasteiger partial charge in [0.1, 0.15) is 10.8 Å². The summed E-state index contributed by atoms with van der Waals surface area (Å²) >= 11 is 6.91. The first kappa shape index (κ1) is 21.8. The SMILES string of the molecule is O=C(Nc1ccccc1)c1nnc([C@H]2CCCN(S(=O)(=O)c3ccc(F)c(Cl)c3)C2)s1. The maximum Gasteiger partial charge on any atom is 0.286 e. The van der Waals surface area contributed by atoms with Gasteiger partial charge in [-0.05, 0) is 43.2 Å². The number of benzene rings is 2. The van der Waals surface area contributed by atoms with Crippen molar-refractivity contribution in [3.63, 3.8) is 0 Å². The molecule has 0 aliphatic carbocycles. The Labute approximate surface area is 187 Å². The molecule has 1 aliphatic rings. The van der Waals surface area contributed by atoms with Gasteiger partial charge < -0.3 is 5.32 Å². The molecular weight excluding hydrogens is 463 g/mol. The van der Waals surface area contributed by atoms with Crippen LogP contribution in [-0.2, 0) is 10.0 Å². The molecule has 1 amide bonds. The number of carbonyl (C=O) groups is 1. The predicted molar refractivity (Wildman–Crippen MR) is 116 cm³/mol. The molecule has 0 unspecified atom stereocenters. The molecule has 2 heterocycles. The smallest absolute Gasteiger partial charge is 0.286 e. The molecule has 1 fully saturated rings. The van der Waals surface area contributed by atoms with Crippen LogP contribution in [0.25, 0.3) is 0 Å². The number of piperidine rings is 1. The zero-order chi connectivity index (χ0) is 22.0. The zero-order valence-corrected chi connectivity index (χ0v) is 18.6. The van der Waals surface area contributed by atoms with Crippen LogP contribution in [0.15, 0.2) is 53.4 Å². The van der Waals surface area contributed by atoms with Crippen molar-refractivity contribution >= 4 is 44.6 Å². The molecular formula is C20H18ClFN4O3S2. The van der Waals surface area contributed by atoms with Crippen LogP contribution < -0.4 is 5.32 Å². The third-order valence-corrected chi connectivity index (χ3v) is 8.16. The van der Waals surface area contributed by atoms with E-state index in [1.54, 1.807) is 12.1 Å². The Balaban J connectivity index is 1.49. The highest BCUT2D eigenvalue weighted by Crippen LogP contribution is 2.32. The third kappa shape index (κ3) is 4.77. The molecule has 1 N–H and O–H groups in total. The van der Waals surface area contributed by atoms with Gasteiger partial charge in [-0.3, -0.25) is 4.79 Å². The van der Waals surface area contributed by atoms with E-state index in [0.717, 1.165) is 29.9 Å². The monoisotopic (exact) mass is 480 g/mol. The van der Waals surface area contributed by atoms with E-state index in [9.17, 15) is 17.6 Å². The normalized spacial score (nSPS) is 17.4. The molecule has 0 spiro atoms. The number of carbonyl (C=O) groups excluding carboxylic acids is 1. The van der Waals surface area contributed by atoms with Crippen molar-refractivity contribution in [2.75, 3.05) is 18.4 Å². The van der Waals surface area contributed by atoms with Crippen LogP contribution in [0.5, 0.6) is 0 Å². The van der Waals surface area contributed by atoms with Crippen LogP contribution in [-0.4, -0.2) is 41.9 Å². The highest BCUT2D eigenvalue weighted by molar-refractivity contribution is 7.89. The predicted octanol–water partition coefficient (Wildman–Crippen LogP) is 4.15. The lowest BCUT2D eigenvalue weighted by Gasteiger charge is -2.30. The second-order valence-electron chi connectivity index (χ2n) is 7.04. The van der Waals surface area contributed by atoms with E-state index in [1.165, 1.54) is 10.4 Å².